The molecule has 0 spiro atoms. The molecule has 2 aromatic rings. The molecule has 1 aliphatic heterocycles. The summed E-state index contributed by atoms with van der Waals surface area (Å²) < 4.78 is 5.35. The van der Waals surface area contributed by atoms with Gasteiger partial charge in [0.05, 0.1) is 4.92 Å². The first-order chi connectivity index (χ1) is 13.9. The van der Waals surface area contributed by atoms with E-state index in [1.54, 1.807) is 24.3 Å². The van der Waals surface area contributed by atoms with Crippen molar-refractivity contribution in [2.45, 2.75) is 19.8 Å². The highest BCUT2D eigenvalue weighted by atomic mass is 16.6. The Balaban J connectivity index is 1.54. The summed E-state index contributed by atoms with van der Waals surface area (Å²) in [6, 6.07) is 12.3. The van der Waals surface area contributed by atoms with Gasteiger partial charge in [0.15, 0.2) is 6.61 Å². The van der Waals surface area contributed by atoms with E-state index in [9.17, 15) is 19.7 Å². The standard InChI is InChI=1S/C21H23N3O5/c1-15-9-11-23(12-10-15)21(26)16-3-2-4-17(13-16)22-20(25)14-29-19-7-5-18(6-8-19)24(27)28/h2-8,13,15H,9-12,14H2,1H3,(H,22,25). The number of carbonyl (C=O) groups is 2. The monoisotopic (exact) mass is 397 g/mol. The molecule has 29 heavy (non-hydrogen) atoms. The number of carbonyl (C=O) groups excluding carboxylic acids is 2. The van der Waals surface area contributed by atoms with E-state index in [0.29, 0.717) is 22.9 Å². The molecule has 1 saturated heterocycles. The van der Waals surface area contributed by atoms with Crippen LogP contribution in [0.15, 0.2) is 48.5 Å². The summed E-state index contributed by atoms with van der Waals surface area (Å²) in [5.74, 6) is 0.573. The van der Waals surface area contributed by atoms with Crippen LogP contribution < -0.4 is 10.1 Å². The number of piperidine rings is 1. The SMILES string of the molecule is CC1CCN(C(=O)c2cccc(NC(=O)COc3ccc([N+](=O)[O-])cc3)c2)CC1. The minimum absolute atomic E-state index is 0.0323. The van der Waals surface area contributed by atoms with E-state index < -0.39 is 4.92 Å². The normalized spacial score (nSPS) is 14.3. The summed E-state index contributed by atoms with van der Waals surface area (Å²) in [5.41, 5.74) is 0.999. The Labute approximate surface area is 168 Å². The smallest absolute Gasteiger partial charge is 0.269 e. The number of nitro groups is 1. The van der Waals surface area contributed by atoms with E-state index in [4.69, 9.17) is 4.74 Å². The maximum Gasteiger partial charge on any atom is 0.269 e. The molecule has 1 heterocycles. The summed E-state index contributed by atoms with van der Waals surface area (Å²) in [7, 11) is 0. The van der Waals surface area contributed by atoms with Gasteiger partial charge in [0.2, 0.25) is 0 Å². The van der Waals surface area contributed by atoms with Crippen LogP contribution in [0.25, 0.3) is 0 Å². The first-order valence-corrected chi connectivity index (χ1v) is 9.49. The lowest BCUT2D eigenvalue weighted by atomic mass is 9.98. The summed E-state index contributed by atoms with van der Waals surface area (Å²) in [6.07, 6.45) is 2.00. The molecule has 0 aromatic heterocycles. The first-order valence-electron chi connectivity index (χ1n) is 9.49. The second-order valence-electron chi connectivity index (χ2n) is 7.14. The average molecular weight is 397 g/mol. The third kappa shape index (κ3) is 5.54. The molecule has 0 atom stereocenters. The molecule has 2 amide bonds. The van der Waals surface area contributed by atoms with Gasteiger partial charge in [-0.15, -0.1) is 0 Å². The Morgan fingerprint density at radius 3 is 2.52 bits per heavy atom. The summed E-state index contributed by atoms with van der Waals surface area (Å²) in [4.78, 5) is 36.8. The number of amides is 2. The Morgan fingerprint density at radius 2 is 1.86 bits per heavy atom. The van der Waals surface area contributed by atoms with Crippen molar-refractivity contribution in [2.24, 2.45) is 5.92 Å². The topological polar surface area (TPSA) is 102 Å². The Bertz CT molecular complexity index is 889. The summed E-state index contributed by atoms with van der Waals surface area (Å²) >= 11 is 0. The third-order valence-electron chi connectivity index (χ3n) is 4.88. The van der Waals surface area contributed by atoms with Crippen LogP contribution in [-0.4, -0.2) is 41.3 Å². The number of anilines is 1. The number of likely N-dealkylation sites (tertiary alicyclic amines) is 1. The van der Waals surface area contributed by atoms with Crippen molar-refractivity contribution in [2.75, 3.05) is 25.0 Å². The van der Waals surface area contributed by atoms with Crippen LogP contribution >= 0.6 is 0 Å². The summed E-state index contributed by atoms with van der Waals surface area (Å²) in [5, 5.41) is 13.4. The van der Waals surface area contributed by atoms with E-state index >= 15 is 0 Å². The Morgan fingerprint density at radius 1 is 1.17 bits per heavy atom. The zero-order valence-corrected chi connectivity index (χ0v) is 16.2. The van der Waals surface area contributed by atoms with Crippen molar-refractivity contribution in [1.29, 1.82) is 0 Å². The quantitative estimate of drug-likeness (QED) is 0.594. The van der Waals surface area contributed by atoms with Gasteiger partial charge in [-0.05, 0) is 49.1 Å². The molecular weight excluding hydrogens is 374 g/mol. The third-order valence-corrected chi connectivity index (χ3v) is 4.88. The van der Waals surface area contributed by atoms with Gasteiger partial charge in [0, 0.05) is 36.5 Å². The molecule has 8 heteroatoms. The maximum absolute atomic E-state index is 12.7. The van der Waals surface area contributed by atoms with Crippen LogP contribution in [0.2, 0.25) is 0 Å². The molecule has 3 rings (SSSR count). The molecular formula is C21H23N3O5. The number of nitro benzene ring substituents is 1. The average Bonchev–Trinajstić information content (AvgIpc) is 2.73. The molecule has 0 unspecified atom stereocenters. The number of nitrogens with one attached hydrogen (secondary N) is 1. The molecule has 1 aliphatic rings. The van der Waals surface area contributed by atoms with Gasteiger partial charge in [0.25, 0.3) is 17.5 Å². The zero-order chi connectivity index (χ0) is 20.8. The van der Waals surface area contributed by atoms with Crippen LogP contribution in [-0.2, 0) is 4.79 Å². The van der Waals surface area contributed by atoms with Crippen LogP contribution in [0, 0.1) is 16.0 Å². The van der Waals surface area contributed by atoms with Gasteiger partial charge in [0.1, 0.15) is 5.75 Å². The fourth-order valence-electron chi connectivity index (χ4n) is 3.13. The maximum atomic E-state index is 12.7. The fraction of sp³-hybridized carbons (Fsp3) is 0.333. The van der Waals surface area contributed by atoms with Crippen molar-refractivity contribution in [3.63, 3.8) is 0 Å². The van der Waals surface area contributed by atoms with Gasteiger partial charge in [-0.3, -0.25) is 19.7 Å². The Kier molecular flexibility index (Phi) is 6.43. The number of benzene rings is 2. The largest absolute Gasteiger partial charge is 0.484 e. The molecule has 0 saturated carbocycles. The van der Waals surface area contributed by atoms with Crippen molar-refractivity contribution < 1.29 is 19.2 Å². The van der Waals surface area contributed by atoms with Gasteiger partial charge in [-0.25, -0.2) is 0 Å². The number of rotatable bonds is 6. The highest BCUT2D eigenvalue weighted by molar-refractivity contribution is 5.97. The zero-order valence-electron chi connectivity index (χ0n) is 16.2. The molecule has 1 N–H and O–H groups in total. The van der Waals surface area contributed by atoms with Crippen molar-refractivity contribution in [1.82, 2.24) is 4.90 Å². The van der Waals surface area contributed by atoms with E-state index in [0.717, 1.165) is 25.9 Å². The molecule has 0 aliphatic carbocycles. The minimum atomic E-state index is -0.505. The summed E-state index contributed by atoms with van der Waals surface area (Å²) in [6.45, 7) is 3.44. The molecule has 1 fully saturated rings. The van der Waals surface area contributed by atoms with Crippen molar-refractivity contribution in [3.8, 4) is 5.75 Å². The van der Waals surface area contributed by atoms with Gasteiger partial charge in [-0.2, -0.15) is 0 Å². The molecule has 152 valence electrons. The number of hydrogen-bond donors (Lipinski definition) is 1. The first kappa shape index (κ1) is 20.3. The van der Waals surface area contributed by atoms with Crippen LogP contribution in [0.4, 0.5) is 11.4 Å². The number of nitrogens with zero attached hydrogens (tertiary/aromatic N) is 2. The van der Waals surface area contributed by atoms with E-state index in [2.05, 4.69) is 12.2 Å². The second kappa shape index (κ2) is 9.18. The lowest BCUT2D eigenvalue weighted by Gasteiger charge is -2.30. The molecule has 2 aromatic carbocycles. The van der Waals surface area contributed by atoms with Gasteiger partial charge in [-0.1, -0.05) is 13.0 Å². The lowest BCUT2D eigenvalue weighted by molar-refractivity contribution is -0.384. The van der Waals surface area contributed by atoms with Crippen LogP contribution in [0.3, 0.4) is 0 Å². The van der Waals surface area contributed by atoms with Crippen LogP contribution in [0.5, 0.6) is 5.75 Å². The van der Waals surface area contributed by atoms with E-state index in [1.807, 2.05) is 4.90 Å². The second-order valence-corrected chi connectivity index (χ2v) is 7.14. The van der Waals surface area contributed by atoms with Gasteiger partial charge < -0.3 is 15.0 Å². The lowest BCUT2D eigenvalue weighted by Crippen LogP contribution is -2.37. The predicted octanol–water partition coefficient (Wildman–Crippen LogP) is 3.48. The van der Waals surface area contributed by atoms with E-state index in [-0.39, 0.29) is 24.1 Å². The predicted molar refractivity (Wildman–Crippen MR) is 108 cm³/mol. The number of ether oxygens (including phenoxy) is 1. The number of hydrogen-bond acceptors (Lipinski definition) is 5. The van der Waals surface area contributed by atoms with E-state index in [1.165, 1.54) is 24.3 Å². The highest BCUT2D eigenvalue weighted by Gasteiger charge is 2.21. The van der Waals surface area contributed by atoms with Crippen LogP contribution in [0.1, 0.15) is 30.1 Å². The number of non-ortho nitro benzene ring substituents is 1. The van der Waals surface area contributed by atoms with Crippen molar-refractivity contribution in [3.05, 3.63) is 64.2 Å². The van der Waals surface area contributed by atoms with Gasteiger partial charge >= 0.3 is 0 Å². The molecule has 0 bridgehead atoms. The minimum Gasteiger partial charge on any atom is -0.484 e. The Hall–Kier alpha value is -3.42. The molecule has 0 radical (unpaired) electrons. The van der Waals surface area contributed by atoms with Crippen molar-refractivity contribution >= 4 is 23.2 Å². The fourth-order valence-corrected chi connectivity index (χ4v) is 3.13. The highest BCUT2D eigenvalue weighted by Crippen LogP contribution is 2.20. The molecule has 8 nitrogen and oxygen atoms in total.